The Hall–Kier alpha value is -2.25. The minimum atomic E-state index is 0.207. The van der Waals surface area contributed by atoms with Gasteiger partial charge in [0.05, 0.1) is 5.56 Å². The van der Waals surface area contributed by atoms with Crippen molar-refractivity contribution < 1.29 is 4.74 Å². The van der Waals surface area contributed by atoms with Gasteiger partial charge in [0.2, 0.25) is 5.88 Å². The molecule has 0 aliphatic rings. The lowest BCUT2D eigenvalue weighted by Gasteiger charge is -2.11. The summed E-state index contributed by atoms with van der Waals surface area (Å²) in [6, 6.07) is 7.17. The number of aromatic nitrogens is 1. The van der Waals surface area contributed by atoms with Crippen LogP contribution in [0.15, 0.2) is 24.4 Å². The lowest BCUT2D eigenvalue weighted by molar-refractivity contribution is 0.459. The van der Waals surface area contributed by atoms with Crippen molar-refractivity contribution in [2.75, 3.05) is 5.73 Å². The number of nitriles is 1. The molecule has 0 fully saturated rings. The van der Waals surface area contributed by atoms with E-state index in [2.05, 4.69) is 4.98 Å². The van der Waals surface area contributed by atoms with Crippen LogP contribution in [0, 0.1) is 25.2 Å². The maximum absolute atomic E-state index is 8.91. The summed E-state index contributed by atoms with van der Waals surface area (Å²) in [6.07, 6.45) is 1.49. The van der Waals surface area contributed by atoms with Crippen LogP contribution < -0.4 is 10.5 Å². The van der Waals surface area contributed by atoms with Gasteiger partial charge in [0.25, 0.3) is 0 Å². The van der Waals surface area contributed by atoms with Gasteiger partial charge in [0.15, 0.2) is 0 Å². The van der Waals surface area contributed by atoms with Crippen LogP contribution in [0.5, 0.6) is 11.6 Å². The zero-order chi connectivity index (χ0) is 14.0. The van der Waals surface area contributed by atoms with Crippen LogP contribution in [0.25, 0.3) is 0 Å². The summed E-state index contributed by atoms with van der Waals surface area (Å²) in [7, 11) is 0. The monoisotopic (exact) mass is 273 g/mol. The Morgan fingerprint density at radius 3 is 2.74 bits per heavy atom. The van der Waals surface area contributed by atoms with Crippen LogP contribution in [0.2, 0.25) is 5.02 Å². The number of nitrogen functional groups attached to an aromatic ring is 1. The minimum Gasteiger partial charge on any atom is -0.437 e. The molecule has 1 aromatic heterocycles. The summed E-state index contributed by atoms with van der Waals surface area (Å²) < 4.78 is 5.67. The summed E-state index contributed by atoms with van der Waals surface area (Å²) in [5, 5.41) is 9.12. The van der Waals surface area contributed by atoms with E-state index in [1.54, 1.807) is 0 Å². The molecule has 0 unspecified atom stereocenters. The molecule has 96 valence electrons. The molecule has 0 amide bonds. The maximum atomic E-state index is 8.91. The third-order valence-electron chi connectivity index (χ3n) is 2.75. The molecule has 0 radical (unpaired) electrons. The molecular weight excluding hydrogens is 262 g/mol. The van der Waals surface area contributed by atoms with Crippen LogP contribution in [0.4, 0.5) is 5.69 Å². The topological polar surface area (TPSA) is 71.9 Å². The first kappa shape index (κ1) is 13.2. The lowest BCUT2D eigenvalue weighted by atomic mass is 10.1. The number of nitrogens with zero attached hydrogens (tertiary/aromatic N) is 2. The largest absolute Gasteiger partial charge is 0.437 e. The molecule has 2 N–H and O–H groups in total. The highest BCUT2D eigenvalue weighted by Gasteiger charge is 2.11. The molecule has 1 heterocycles. The minimum absolute atomic E-state index is 0.207. The molecule has 0 saturated heterocycles. The van der Waals surface area contributed by atoms with E-state index in [9.17, 15) is 0 Å². The first-order valence-electron chi connectivity index (χ1n) is 5.62. The SMILES string of the molecule is Cc1cc(Oc2nccc(C#N)c2Cl)c(C)cc1N. The van der Waals surface area contributed by atoms with E-state index in [-0.39, 0.29) is 10.9 Å². The third kappa shape index (κ3) is 2.61. The fraction of sp³-hybridized carbons (Fsp3) is 0.143. The number of pyridine rings is 1. The average molecular weight is 274 g/mol. The van der Waals surface area contributed by atoms with E-state index in [0.29, 0.717) is 17.0 Å². The zero-order valence-electron chi connectivity index (χ0n) is 10.6. The zero-order valence-corrected chi connectivity index (χ0v) is 11.3. The van der Waals surface area contributed by atoms with Gasteiger partial charge < -0.3 is 10.5 Å². The van der Waals surface area contributed by atoms with Gasteiger partial charge in [-0.3, -0.25) is 0 Å². The number of benzene rings is 1. The number of anilines is 1. The van der Waals surface area contributed by atoms with Gasteiger partial charge >= 0.3 is 0 Å². The molecule has 0 spiro atoms. The Kier molecular flexibility index (Phi) is 3.59. The number of aryl methyl sites for hydroxylation is 2. The summed E-state index contributed by atoms with van der Waals surface area (Å²) in [4.78, 5) is 4.04. The van der Waals surface area contributed by atoms with E-state index in [1.807, 2.05) is 32.0 Å². The second-order valence-corrected chi connectivity index (χ2v) is 4.54. The van der Waals surface area contributed by atoms with E-state index in [0.717, 1.165) is 11.1 Å². The molecule has 0 aliphatic carbocycles. The smallest absolute Gasteiger partial charge is 0.239 e. The second kappa shape index (κ2) is 5.17. The van der Waals surface area contributed by atoms with E-state index in [1.165, 1.54) is 12.3 Å². The van der Waals surface area contributed by atoms with Crippen molar-refractivity contribution >= 4 is 17.3 Å². The first-order chi connectivity index (χ1) is 9.02. The molecule has 0 bridgehead atoms. The fourth-order valence-electron chi connectivity index (χ4n) is 1.61. The van der Waals surface area contributed by atoms with Gasteiger partial charge in [-0.15, -0.1) is 0 Å². The molecular formula is C14H12ClN3O. The quantitative estimate of drug-likeness (QED) is 0.849. The second-order valence-electron chi connectivity index (χ2n) is 4.17. The highest BCUT2D eigenvalue weighted by atomic mass is 35.5. The summed E-state index contributed by atoms with van der Waals surface area (Å²) in [5.74, 6) is 0.837. The van der Waals surface area contributed by atoms with Crippen LogP contribution in [0.1, 0.15) is 16.7 Å². The van der Waals surface area contributed by atoms with Crippen LogP contribution >= 0.6 is 11.6 Å². The Labute approximate surface area is 116 Å². The molecule has 1 aromatic carbocycles. The van der Waals surface area contributed by atoms with Crippen molar-refractivity contribution in [2.24, 2.45) is 0 Å². The number of hydrogen-bond acceptors (Lipinski definition) is 4. The van der Waals surface area contributed by atoms with Crippen LogP contribution in [-0.2, 0) is 0 Å². The number of nitrogens with two attached hydrogens (primary N) is 1. The molecule has 0 saturated carbocycles. The molecule has 0 atom stereocenters. The number of halogens is 1. The van der Waals surface area contributed by atoms with Crippen molar-refractivity contribution in [3.63, 3.8) is 0 Å². The van der Waals surface area contributed by atoms with Crippen LogP contribution in [0.3, 0.4) is 0 Å². The predicted molar refractivity (Wildman–Crippen MR) is 74.4 cm³/mol. The highest BCUT2D eigenvalue weighted by molar-refractivity contribution is 6.33. The average Bonchev–Trinajstić information content (AvgIpc) is 2.38. The molecule has 2 aromatic rings. The van der Waals surface area contributed by atoms with Crippen molar-refractivity contribution in [1.82, 2.24) is 4.98 Å². The molecule has 5 heteroatoms. The van der Waals surface area contributed by atoms with Crippen molar-refractivity contribution in [2.45, 2.75) is 13.8 Å². The number of hydrogen-bond donors (Lipinski definition) is 1. The highest BCUT2D eigenvalue weighted by Crippen LogP contribution is 2.32. The van der Waals surface area contributed by atoms with E-state index in [4.69, 9.17) is 27.3 Å². The molecule has 19 heavy (non-hydrogen) atoms. The predicted octanol–water partition coefficient (Wildman–Crippen LogP) is 3.60. The van der Waals surface area contributed by atoms with Crippen LogP contribution in [-0.4, -0.2) is 4.98 Å². The summed E-state index contributed by atoms with van der Waals surface area (Å²) in [6.45, 7) is 3.77. The Balaban J connectivity index is 2.43. The summed E-state index contributed by atoms with van der Waals surface area (Å²) in [5.41, 5.74) is 8.64. The van der Waals surface area contributed by atoms with Crippen molar-refractivity contribution in [3.05, 3.63) is 46.1 Å². The molecule has 4 nitrogen and oxygen atoms in total. The maximum Gasteiger partial charge on any atom is 0.239 e. The van der Waals surface area contributed by atoms with Gasteiger partial charge in [0, 0.05) is 11.9 Å². The van der Waals surface area contributed by atoms with Gasteiger partial charge in [-0.2, -0.15) is 5.26 Å². The molecule has 0 aliphatic heterocycles. The number of rotatable bonds is 2. The standard InChI is InChI=1S/C14H12ClN3O/c1-8-6-12(9(2)5-11(8)17)19-14-13(15)10(7-16)3-4-18-14/h3-6H,17H2,1-2H3. The Morgan fingerprint density at radius 2 is 2.05 bits per heavy atom. The van der Waals surface area contributed by atoms with E-state index >= 15 is 0 Å². The van der Waals surface area contributed by atoms with E-state index < -0.39 is 0 Å². The fourth-order valence-corrected chi connectivity index (χ4v) is 1.80. The van der Waals surface area contributed by atoms with Gasteiger partial charge in [0.1, 0.15) is 16.8 Å². The van der Waals surface area contributed by atoms with Gasteiger partial charge in [-0.1, -0.05) is 11.6 Å². The third-order valence-corrected chi connectivity index (χ3v) is 3.11. The number of ether oxygens (including phenoxy) is 1. The Morgan fingerprint density at radius 1 is 1.32 bits per heavy atom. The van der Waals surface area contributed by atoms with Crippen molar-refractivity contribution in [1.29, 1.82) is 5.26 Å². The normalized spacial score (nSPS) is 10.0. The van der Waals surface area contributed by atoms with Gasteiger partial charge in [-0.05, 0) is 43.2 Å². The molecule has 2 rings (SSSR count). The first-order valence-corrected chi connectivity index (χ1v) is 6.00. The Bertz CT molecular complexity index is 677. The lowest BCUT2D eigenvalue weighted by Crippen LogP contribution is -1.96. The van der Waals surface area contributed by atoms with Gasteiger partial charge in [-0.25, -0.2) is 4.98 Å². The van der Waals surface area contributed by atoms with Crippen molar-refractivity contribution in [3.8, 4) is 17.7 Å². The summed E-state index contributed by atoms with van der Waals surface area (Å²) >= 11 is 6.05.